The highest BCUT2D eigenvalue weighted by molar-refractivity contribution is 5.36. The van der Waals surface area contributed by atoms with Crippen molar-refractivity contribution < 1.29 is 0 Å². The molecule has 0 saturated heterocycles. The van der Waals surface area contributed by atoms with Gasteiger partial charge in [0, 0.05) is 24.9 Å². The summed E-state index contributed by atoms with van der Waals surface area (Å²) in [5.74, 6) is 1.04. The molecule has 2 rings (SSSR count). The van der Waals surface area contributed by atoms with Crippen molar-refractivity contribution >= 4 is 0 Å². The number of hydrogen-bond acceptors (Lipinski definition) is 2. The molecule has 0 aliphatic carbocycles. The van der Waals surface area contributed by atoms with Gasteiger partial charge in [-0.3, -0.25) is 0 Å². The molecular formula is C16H23N3. The molecule has 0 saturated carbocycles. The molecule has 0 radical (unpaired) electrons. The predicted octanol–water partition coefficient (Wildman–Crippen LogP) is 3.31. The number of aromatic amines is 1. The summed E-state index contributed by atoms with van der Waals surface area (Å²) in [7, 11) is 0. The highest BCUT2D eigenvalue weighted by atomic mass is 14.9. The van der Waals surface area contributed by atoms with Crippen molar-refractivity contribution in [1.29, 1.82) is 0 Å². The van der Waals surface area contributed by atoms with Gasteiger partial charge >= 0.3 is 0 Å². The maximum Gasteiger partial charge on any atom is 0.107 e. The van der Waals surface area contributed by atoms with E-state index in [1.54, 1.807) is 0 Å². The summed E-state index contributed by atoms with van der Waals surface area (Å²) in [4.78, 5) is 7.56. The fraction of sp³-hybridized carbons (Fsp3) is 0.438. The van der Waals surface area contributed by atoms with Gasteiger partial charge < -0.3 is 10.3 Å². The second-order valence-electron chi connectivity index (χ2n) is 5.05. The quantitative estimate of drug-likeness (QED) is 0.833. The number of hydrogen-bond donors (Lipinski definition) is 2. The average molecular weight is 257 g/mol. The molecule has 3 heteroatoms. The van der Waals surface area contributed by atoms with Crippen LogP contribution in [0.25, 0.3) is 0 Å². The second-order valence-corrected chi connectivity index (χ2v) is 5.05. The Morgan fingerprint density at radius 3 is 2.58 bits per heavy atom. The van der Waals surface area contributed by atoms with Gasteiger partial charge in [0.1, 0.15) is 5.82 Å². The largest absolute Gasteiger partial charge is 0.349 e. The summed E-state index contributed by atoms with van der Waals surface area (Å²) in [5, 5.41) is 3.65. The minimum absolute atomic E-state index is 0.326. The van der Waals surface area contributed by atoms with Crippen LogP contribution < -0.4 is 5.32 Å². The van der Waals surface area contributed by atoms with Crippen LogP contribution in [0.3, 0.4) is 0 Å². The van der Waals surface area contributed by atoms with Crippen molar-refractivity contribution in [3.8, 4) is 0 Å². The molecular weight excluding hydrogens is 234 g/mol. The van der Waals surface area contributed by atoms with Gasteiger partial charge in [-0.2, -0.15) is 0 Å². The third kappa shape index (κ3) is 3.44. The maximum absolute atomic E-state index is 4.35. The Bertz CT molecular complexity index is 482. The van der Waals surface area contributed by atoms with Gasteiger partial charge in [0.25, 0.3) is 0 Å². The monoisotopic (exact) mass is 257 g/mol. The van der Waals surface area contributed by atoms with Crippen molar-refractivity contribution in [3.63, 3.8) is 0 Å². The van der Waals surface area contributed by atoms with Crippen LogP contribution in [0.15, 0.2) is 30.6 Å². The van der Waals surface area contributed by atoms with Crippen LogP contribution in [0.1, 0.15) is 41.9 Å². The second kappa shape index (κ2) is 6.53. The lowest BCUT2D eigenvalue weighted by Crippen LogP contribution is -2.26. The van der Waals surface area contributed by atoms with Crippen LogP contribution in [-0.4, -0.2) is 16.5 Å². The Morgan fingerprint density at radius 2 is 2.00 bits per heavy atom. The minimum atomic E-state index is 0.326. The molecule has 0 aliphatic rings. The first-order chi connectivity index (χ1) is 9.22. The molecule has 0 fully saturated rings. The predicted molar refractivity (Wildman–Crippen MR) is 79.2 cm³/mol. The van der Waals surface area contributed by atoms with Gasteiger partial charge in [-0.25, -0.2) is 4.98 Å². The van der Waals surface area contributed by atoms with Crippen LogP contribution in [0.4, 0.5) is 0 Å². The normalized spacial score (nSPS) is 12.6. The van der Waals surface area contributed by atoms with Crippen LogP contribution in [0, 0.1) is 13.8 Å². The Morgan fingerprint density at radius 1 is 1.26 bits per heavy atom. The Kier molecular flexibility index (Phi) is 4.74. The molecule has 2 N–H and O–H groups in total. The lowest BCUT2D eigenvalue weighted by atomic mass is 9.94. The lowest BCUT2D eigenvalue weighted by Gasteiger charge is -2.22. The third-order valence-electron chi connectivity index (χ3n) is 3.48. The summed E-state index contributed by atoms with van der Waals surface area (Å²) in [6, 6.07) is 6.82. The average Bonchev–Trinajstić information content (AvgIpc) is 2.88. The van der Waals surface area contributed by atoms with E-state index < -0.39 is 0 Å². The molecule has 1 aromatic carbocycles. The van der Waals surface area contributed by atoms with Crippen molar-refractivity contribution in [2.75, 3.05) is 6.54 Å². The van der Waals surface area contributed by atoms with Gasteiger partial charge in [0.05, 0.1) is 0 Å². The molecule has 0 amide bonds. The molecule has 3 nitrogen and oxygen atoms in total. The highest BCUT2D eigenvalue weighted by Gasteiger charge is 2.16. The first-order valence-corrected chi connectivity index (χ1v) is 7.00. The molecule has 1 heterocycles. The number of H-pyrrole nitrogens is 1. The molecule has 1 atom stereocenters. The zero-order valence-corrected chi connectivity index (χ0v) is 12.0. The minimum Gasteiger partial charge on any atom is -0.349 e. The van der Waals surface area contributed by atoms with E-state index >= 15 is 0 Å². The van der Waals surface area contributed by atoms with Crippen molar-refractivity contribution in [2.45, 2.75) is 39.7 Å². The summed E-state index contributed by atoms with van der Waals surface area (Å²) < 4.78 is 0. The van der Waals surface area contributed by atoms with Gasteiger partial charge in [-0.1, -0.05) is 25.1 Å². The molecule has 1 aromatic heterocycles. The maximum atomic E-state index is 4.35. The standard InChI is InChI=1S/C16H23N3/c1-4-8-17-14(11-15-18-9-10-19-15)16-12(2)6-5-7-13(16)3/h5-7,9-10,14,17H,4,8,11H2,1-3H3,(H,18,19). The van der Waals surface area contributed by atoms with E-state index in [1.807, 2.05) is 12.4 Å². The number of imidazole rings is 1. The van der Waals surface area contributed by atoms with Crippen LogP contribution >= 0.6 is 0 Å². The van der Waals surface area contributed by atoms with Gasteiger partial charge in [-0.15, -0.1) is 0 Å². The number of nitrogens with one attached hydrogen (secondary N) is 2. The molecule has 1 unspecified atom stereocenters. The van der Waals surface area contributed by atoms with Crippen molar-refractivity contribution in [3.05, 3.63) is 53.1 Å². The number of rotatable bonds is 6. The first-order valence-electron chi connectivity index (χ1n) is 7.00. The summed E-state index contributed by atoms with van der Waals surface area (Å²) >= 11 is 0. The fourth-order valence-corrected chi connectivity index (χ4v) is 2.57. The SMILES string of the molecule is CCCNC(Cc1ncc[nH]1)c1c(C)cccc1C. The van der Waals surface area contributed by atoms with Crippen molar-refractivity contribution in [1.82, 2.24) is 15.3 Å². The number of aromatic nitrogens is 2. The molecule has 2 aromatic rings. The fourth-order valence-electron chi connectivity index (χ4n) is 2.57. The third-order valence-corrected chi connectivity index (χ3v) is 3.48. The first kappa shape index (κ1) is 13.8. The number of benzene rings is 1. The Balaban J connectivity index is 2.26. The molecule has 0 spiro atoms. The van der Waals surface area contributed by atoms with E-state index in [-0.39, 0.29) is 0 Å². The Hall–Kier alpha value is -1.61. The van der Waals surface area contributed by atoms with Crippen LogP contribution in [0.5, 0.6) is 0 Å². The number of aryl methyl sites for hydroxylation is 2. The van der Waals surface area contributed by atoms with Gasteiger partial charge in [0.2, 0.25) is 0 Å². The molecule has 19 heavy (non-hydrogen) atoms. The van der Waals surface area contributed by atoms with E-state index in [0.717, 1.165) is 25.2 Å². The summed E-state index contributed by atoms with van der Waals surface area (Å²) in [6.07, 6.45) is 5.74. The lowest BCUT2D eigenvalue weighted by molar-refractivity contribution is 0.516. The van der Waals surface area contributed by atoms with Gasteiger partial charge in [-0.05, 0) is 43.5 Å². The highest BCUT2D eigenvalue weighted by Crippen LogP contribution is 2.24. The van der Waals surface area contributed by atoms with Crippen LogP contribution in [-0.2, 0) is 6.42 Å². The van der Waals surface area contributed by atoms with Crippen LogP contribution in [0.2, 0.25) is 0 Å². The summed E-state index contributed by atoms with van der Waals surface area (Å²) in [6.45, 7) is 7.59. The number of nitrogens with zero attached hydrogens (tertiary/aromatic N) is 1. The van der Waals surface area contributed by atoms with E-state index in [1.165, 1.54) is 16.7 Å². The zero-order chi connectivity index (χ0) is 13.7. The van der Waals surface area contributed by atoms with E-state index in [4.69, 9.17) is 0 Å². The van der Waals surface area contributed by atoms with E-state index in [9.17, 15) is 0 Å². The molecule has 0 aliphatic heterocycles. The topological polar surface area (TPSA) is 40.7 Å². The molecule has 0 bridgehead atoms. The van der Waals surface area contributed by atoms with Gasteiger partial charge in [0.15, 0.2) is 0 Å². The smallest absolute Gasteiger partial charge is 0.107 e. The van der Waals surface area contributed by atoms with Crippen molar-refractivity contribution in [2.24, 2.45) is 0 Å². The zero-order valence-electron chi connectivity index (χ0n) is 12.0. The molecule has 102 valence electrons. The summed E-state index contributed by atoms with van der Waals surface area (Å²) in [5.41, 5.74) is 4.10. The van der Waals surface area contributed by atoms with E-state index in [0.29, 0.717) is 6.04 Å². The Labute approximate surface area is 115 Å². The van der Waals surface area contributed by atoms with E-state index in [2.05, 4.69) is 54.3 Å².